The molecule has 1 heterocycles. The second-order valence-corrected chi connectivity index (χ2v) is 5.88. The fraction of sp³-hybridized carbons (Fsp3) is 0.0526. The minimum absolute atomic E-state index is 0.838. The fourth-order valence-electron chi connectivity index (χ4n) is 3.86. The Morgan fingerprint density at radius 3 is 1.55 bits per heavy atom. The smallest absolute Gasteiger partial charge is 0.0803 e. The standard InChI is InChI=1S/C19H16B/c1-20(15-9-3-2-4-10-15)18-13-7-5-11-16(18)17-12-6-8-14-19(17)20/h2-14H,1H3/q-1. The zero-order valence-corrected chi connectivity index (χ0v) is 11.6. The van der Waals surface area contributed by atoms with Crippen LogP contribution in [0.15, 0.2) is 78.9 Å². The van der Waals surface area contributed by atoms with E-state index >= 15 is 0 Å². The van der Waals surface area contributed by atoms with Crippen LogP contribution in [-0.2, 0) is 0 Å². The molecule has 0 radical (unpaired) electrons. The molecule has 0 N–H and O–H groups in total. The summed E-state index contributed by atoms with van der Waals surface area (Å²) in [5, 5.41) is 0. The van der Waals surface area contributed by atoms with E-state index in [1.165, 1.54) is 27.5 Å². The number of rotatable bonds is 1. The first-order chi connectivity index (χ1) is 9.82. The minimum Gasteiger partial charge on any atom is -0.200 e. The van der Waals surface area contributed by atoms with Crippen molar-refractivity contribution in [3.05, 3.63) is 78.9 Å². The highest BCUT2D eigenvalue weighted by Crippen LogP contribution is 2.27. The summed E-state index contributed by atoms with van der Waals surface area (Å²) in [5.41, 5.74) is 7.16. The third kappa shape index (κ3) is 1.38. The van der Waals surface area contributed by atoms with Crippen molar-refractivity contribution >= 4 is 22.5 Å². The maximum Gasteiger partial charge on any atom is 0.0803 e. The zero-order chi connectivity index (χ0) is 13.6. The summed E-state index contributed by atoms with van der Waals surface area (Å²) >= 11 is 0. The molecule has 96 valence electrons. The highest BCUT2D eigenvalue weighted by molar-refractivity contribution is 7.13. The zero-order valence-electron chi connectivity index (χ0n) is 11.6. The van der Waals surface area contributed by atoms with E-state index in [9.17, 15) is 0 Å². The van der Waals surface area contributed by atoms with Crippen LogP contribution in [0.3, 0.4) is 0 Å². The molecule has 1 heteroatoms. The van der Waals surface area contributed by atoms with E-state index in [-0.39, 0.29) is 0 Å². The van der Waals surface area contributed by atoms with E-state index < -0.39 is 6.15 Å². The van der Waals surface area contributed by atoms with Crippen molar-refractivity contribution in [2.75, 3.05) is 0 Å². The highest BCUT2D eigenvalue weighted by atomic mass is 14.2. The van der Waals surface area contributed by atoms with Gasteiger partial charge in [-0.2, -0.15) is 17.7 Å². The molecule has 1 aliphatic heterocycles. The number of hydrogen-bond donors (Lipinski definition) is 0. The van der Waals surface area contributed by atoms with Crippen molar-refractivity contribution in [2.24, 2.45) is 0 Å². The van der Waals surface area contributed by atoms with Gasteiger partial charge >= 0.3 is 0 Å². The van der Waals surface area contributed by atoms with Gasteiger partial charge in [-0.15, -0.1) is 0 Å². The lowest BCUT2D eigenvalue weighted by Crippen LogP contribution is -2.62. The molecule has 0 saturated carbocycles. The third-order valence-electron chi connectivity index (χ3n) is 4.92. The van der Waals surface area contributed by atoms with Crippen LogP contribution in [0.25, 0.3) is 11.1 Å². The van der Waals surface area contributed by atoms with E-state index in [0.29, 0.717) is 0 Å². The maximum absolute atomic E-state index is 2.40. The minimum atomic E-state index is -0.838. The Labute approximate surface area is 120 Å². The average Bonchev–Trinajstić information content (AvgIpc) is 2.80. The van der Waals surface area contributed by atoms with Crippen LogP contribution < -0.4 is 16.4 Å². The van der Waals surface area contributed by atoms with Crippen molar-refractivity contribution in [2.45, 2.75) is 6.82 Å². The quantitative estimate of drug-likeness (QED) is 0.586. The lowest BCUT2D eigenvalue weighted by Gasteiger charge is -2.35. The Balaban J connectivity index is 2.10. The summed E-state index contributed by atoms with van der Waals surface area (Å²) in [6, 6.07) is 28.6. The molecule has 0 nitrogen and oxygen atoms in total. The summed E-state index contributed by atoms with van der Waals surface area (Å²) in [6.07, 6.45) is -0.838. The monoisotopic (exact) mass is 255 g/mol. The van der Waals surface area contributed by atoms with Gasteiger partial charge in [-0.25, -0.2) is 5.46 Å². The molecule has 0 saturated heterocycles. The predicted molar refractivity (Wildman–Crippen MR) is 88.8 cm³/mol. The van der Waals surface area contributed by atoms with Crippen molar-refractivity contribution in [3.8, 4) is 11.1 Å². The molecule has 0 spiro atoms. The molecule has 0 bridgehead atoms. The second kappa shape index (κ2) is 4.11. The van der Waals surface area contributed by atoms with E-state index in [4.69, 9.17) is 0 Å². The van der Waals surface area contributed by atoms with Crippen LogP contribution in [0.5, 0.6) is 0 Å². The van der Waals surface area contributed by atoms with Crippen LogP contribution >= 0.6 is 0 Å². The number of fused-ring (bicyclic) bond motifs is 3. The Morgan fingerprint density at radius 2 is 1.00 bits per heavy atom. The Morgan fingerprint density at radius 1 is 0.550 bits per heavy atom. The van der Waals surface area contributed by atoms with Gasteiger partial charge in [-0.3, -0.25) is 0 Å². The van der Waals surface area contributed by atoms with Crippen LogP contribution in [0.4, 0.5) is 0 Å². The van der Waals surface area contributed by atoms with Crippen molar-refractivity contribution in [1.29, 1.82) is 0 Å². The molecule has 0 aliphatic carbocycles. The van der Waals surface area contributed by atoms with Crippen molar-refractivity contribution < 1.29 is 0 Å². The van der Waals surface area contributed by atoms with E-state index in [2.05, 4.69) is 85.7 Å². The van der Waals surface area contributed by atoms with Crippen molar-refractivity contribution in [3.63, 3.8) is 0 Å². The Bertz CT molecular complexity index is 729. The number of benzene rings is 3. The second-order valence-electron chi connectivity index (χ2n) is 5.88. The molecule has 3 aromatic carbocycles. The van der Waals surface area contributed by atoms with Gasteiger partial charge in [-0.1, -0.05) is 90.0 Å². The molecular weight excluding hydrogens is 239 g/mol. The SMILES string of the molecule is C[B-]1(c2ccccc2)c2ccccc2-c2ccccc21. The first-order valence-electron chi connectivity index (χ1n) is 7.26. The molecule has 0 unspecified atom stereocenters. The maximum atomic E-state index is 2.40. The third-order valence-corrected chi connectivity index (χ3v) is 4.92. The van der Waals surface area contributed by atoms with Gasteiger partial charge in [0.2, 0.25) is 0 Å². The van der Waals surface area contributed by atoms with Gasteiger partial charge in [0, 0.05) is 0 Å². The highest BCUT2D eigenvalue weighted by Gasteiger charge is 2.33. The molecule has 0 aromatic heterocycles. The molecule has 0 amide bonds. The van der Waals surface area contributed by atoms with E-state index in [1.807, 2.05) is 0 Å². The van der Waals surface area contributed by atoms with Gasteiger partial charge in [0.15, 0.2) is 0 Å². The van der Waals surface area contributed by atoms with Gasteiger partial charge in [0.1, 0.15) is 0 Å². The predicted octanol–water partition coefficient (Wildman–Crippen LogP) is 2.77. The van der Waals surface area contributed by atoms with Gasteiger partial charge in [-0.05, 0) is 0 Å². The van der Waals surface area contributed by atoms with E-state index in [1.54, 1.807) is 0 Å². The Hall–Kier alpha value is -2.28. The van der Waals surface area contributed by atoms with Crippen LogP contribution in [-0.4, -0.2) is 6.15 Å². The molecule has 0 fully saturated rings. The first kappa shape index (κ1) is 11.5. The van der Waals surface area contributed by atoms with Gasteiger partial charge in [0.05, 0.1) is 6.15 Å². The summed E-state index contributed by atoms with van der Waals surface area (Å²) in [7, 11) is 0. The molecule has 1 aliphatic rings. The first-order valence-corrected chi connectivity index (χ1v) is 7.26. The summed E-state index contributed by atoms with van der Waals surface area (Å²) in [5.74, 6) is 0. The summed E-state index contributed by atoms with van der Waals surface area (Å²) in [4.78, 5) is 0. The molecular formula is C19H16B-. The fourth-order valence-corrected chi connectivity index (χ4v) is 3.86. The molecule has 20 heavy (non-hydrogen) atoms. The van der Waals surface area contributed by atoms with Gasteiger partial charge in [0.25, 0.3) is 0 Å². The Kier molecular flexibility index (Phi) is 2.37. The van der Waals surface area contributed by atoms with Crippen LogP contribution in [0, 0.1) is 0 Å². The normalized spacial score (nSPS) is 14.7. The van der Waals surface area contributed by atoms with Gasteiger partial charge < -0.3 is 0 Å². The lowest BCUT2D eigenvalue weighted by atomic mass is 9.18. The largest absolute Gasteiger partial charge is 0.200 e. The molecule has 0 atom stereocenters. The van der Waals surface area contributed by atoms with E-state index in [0.717, 1.165) is 0 Å². The van der Waals surface area contributed by atoms with Crippen LogP contribution in [0.1, 0.15) is 0 Å². The lowest BCUT2D eigenvalue weighted by molar-refractivity contribution is 1.71. The van der Waals surface area contributed by atoms with Crippen molar-refractivity contribution in [1.82, 2.24) is 0 Å². The summed E-state index contributed by atoms with van der Waals surface area (Å²) < 4.78 is 0. The average molecular weight is 255 g/mol. The molecule has 3 aromatic rings. The summed E-state index contributed by atoms with van der Waals surface area (Å²) in [6.45, 7) is 2.40. The molecule has 4 rings (SSSR count). The topological polar surface area (TPSA) is 0 Å². The van der Waals surface area contributed by atoms with Crippen LogP contribution in [0.2, 0.25) is 6.82 Å². The number of hydrogen-bond acceptors (Lipinski definition) is 0.